The minimum absolute atomic E-state index is 0.544. The zero-order valence-corrected chi connectivity index (χ0v) is 11.6. The molecule has 3 heterocycles. The van der Waals surface area contributed by atoms with Crippen LogP contribution in [0.5, 0.6) is 0 Å². The highest BCUT2D eigenvalue weighted by atomic mass is 32.1. The van der Waals surface area contributed by atoms with Gasteiger partial charge in [0.1, 0.15) is 17.0 Å². The molecule has 0 bridgehead atoms. The van der Waals surface area contributed by atoms with Gasteiger partial charge in [0.15, 0.2) is 0 Å². The van der Waals surface area contributed by atoms with Crippen LogP contribution in [-0.2, 0) is 0 Å². The van der Waals surface area contributed by atoms with E-state index in [1.807, 2.05) is 0 Å². The minimum atomic E-state index is 0.544. The van der Waals surface area contributed by atoms with Crippen molar-refractivity contribution < 1.29 is 0 Å². The molecule has 1 atom stereocenters. The molecule has 1 aliphatic heterocycles. The normalized spacial score (nSPS) is 20.8. The summed E-state index contributed by atoms with van der Waals surface area (Å²) in [4.78, 5) is 12.3. The van der Waals surface area contributed by atoms with E-state index in [0.717, 1.165) is 30.3 Å². The van der Waals surface area contributed by atoms with Crippen LogP contribution >= 0.6 is 11.3 Å². The minimum Gasteiger partial charge on any atom is -0.353 e. The van der Waals surface area contributed by atoms with Crippen LogP contribution in [0, 0.1) is 5.92 Å². The first-order valence-corrected chi connectivity index (χ1v) is 7.30. The molecule has 0 radical (unpaired) electrons. The van der Waals surface area contributed by atoms with Crippen molar-refractivity contribution in [3.8, 4) is 0 Å². The van der Waals surface area contributed by atoms with Gasteiger partial charge in [-0.1, -0.05) is 13.8 Å². The van der Waals surface area contributed by atoms with E-state index in [4.69, 9.17) is 0 Å². The zero-order chi connectivity index (χ0) is 12.5. The summed E-state index contributed by atoms with van der Waals surface area (Å²) in [5.74, 6) is 1.74. The molecule has 96 valence electrons. The third-order valence-electron chi connectivity index (χ3n) is 3.55. The first-order chi connectivity index (χ1) is 8.75. The highest BCUT2D eigenvalue weighted by Crippen LogP contribution is 2.27. The highest BCUT2D eigenvalue weighted by molar-refractivity contribution is 7.16. The zero-order valence-electron chi connectivity index (χ0n) is 10.8. The Morgan fingerprint density at radius 3 is 3.17 bits per heavy atom. The summed E-state index contributed by atoms with van der Waals surface area (Å²) in [5, 5.41) is 6.85. The average molecular weight is 262 g/mol. The van der Waals surface area contributed by atoms with Gasteiger partial charge in [-0.25, -0.2) is 9.97 Å². The van der Waals surface area contributed by atoms with Gasteiger partial charge in [-0.2, -0.15) is 0 Å². The Hall–Kier alpha value is -1.20. The molecule has 0 spiro atoms. The maximum absolute atomic E-state index is 4.49. The lowest BCUT2D eigenvalue weighted by atomic mass is 10.0. The third kappa shape index (κ3) is 2.08. The number of nitrogens with zero attached hydrogens (tertiary/aromatic N) is 3. The fraction of sp³-hybridized carbons (Fsp3) is 0.538. The lowest BCUT2D eigenvalue weighted by molar-refractivity contribution is 0.367. The Labute approximate surface area is 111 Å². The van der Waals surface area contributed by atoms with Gasteiger partial charge >= 0.3 is 0 Å². The van der Waals surface area contributed by atoms with Gasteiger partial charge in [-0.3, -0.25) is 0 Å². The van der Waals surface area contributed by atoms with Gasteiger partial charge in [0.25, 0.3) is 0 Å². The van der Waals surface area contributed by atoms with E-state index in [1.165, 1.54) is 5.39 Å². The maximum Gasteiger partial charge on any atom is 0.140 e. The molecule has 4 nitrogen and oxygen atoms in total. The molecule has 1 aliphatic rings. The molecule has 1 N–H and O–H groups in total. The van der Waals surface area contributed by atoms with Crippen molar-refractivity contribution in [2.45, 2.75) is 19.9 Å². The lowest BCUT2D eigenvalue weighted by Crippen LogP contribution is -2.53. The van der Waals surface area contributed by atoms with Gasteiger partial charge in [-0.05, 0) is 17.4 Å². The Morgan fingerprint density at radius 1 is 1.44 bits per heavy atom. The number of nitrogens with one attached hydrogen (secondary N) is 1. The molecule has 18 heavy (non-hydrogen) atoms. The summed E-state index contributed by atoms with van der Waals surface area (Å²) in [6.07, 6.45) is 1.68. The quantitative estimate of drug-likeness (QED) is 0.900. The Morgan fingerprint density at radius 2 is 2.33 bits per heavy atom. The summed E-state index contributed by atoms with van der Waals surface area (Å²) in [6, 6.07) is 2.67. The molecule has 2 aromatic heterocycles. The number of piperazine rings is 1. The van der Waals surface area contributed by atoms with Gasteiger partial charge in [0.2, 0.25) is 0 Å². The van der Waals surface area contributed by atoms with Crippen LogP contribution in [0.1, 0.15) is 13.8 Å². The standard InChI is InChI=1S/C13H18N4S/c1-9(2)11-7-17(5-4-14-11)12-10-3-6-18-13(10)16-8-15-12/h3,6,8-9,11,14H,4-5,7H2,1-2H3. The van der Waals surface area contributed by atoms with Gasteiger partial charge in [0.05, 0.1) is 5.39 Å². The monoisotopic (exact) mass is 262 g/mol. The molecule has 1 fully saturated rings. The van der Waals surface area contributed by atoms with Crippen LogP contribution < -0.4 is 10.2 Å². The Kier molecular flexibility index (Phi) is 3.18. The second-order valence-electron chi connectivity index (χ2n) is 5.09. The number of hydrogen-bond donors (Lipinski definition) is 1. The number of aromatic nitrogens is 2. The van der Waals surface area contributed by atoms with Gasteiger partial charge in [0, 0.05) is 25.7 Å². The summed E-state index contributed by atoms with van der Waals surface area (Å²) >= 11 is 1.68. The highest BCUT2D eigenvalue weighted by Gasteiger charge is 2.23. The Balaban J connectivity index is 1.92. The second kappa shape index (κ2) is 4.82. The van der Waals surface area contributed by atoms with Crippen LogP contribution in [0.25, 0.3) is 10.2 Å². The van der Waals surface area contributed by atoms with Crippen molar-refractivity contribution >= 4 is 27.4 Å². The summed E-state index contributed by atoms with van der Waals surface area (Å²) in [6.45, 7) is 7.60. The summed E-state index contributed by atoms with van der Waals surface area (Å²) in [7, 11) is 0. The van der Waals surface area contributed by atoms with Gasteiger partial charge in [-0.15, -0.1) is 11.3 Å². The molecule has 3 rings (SSSR count). The number of hydrogen-bond acceptors (Lipinski definition) is 5. The molecule has 2 aromatic rings. The van der Waals surface area contributed by atoms with E-state index in [0.29, 0.717) is 12.0 Å². The predicted octanol–water partition coefficient (Wildman–Crippen LogP) is 2.13. The van der Waals surface area contributed by atoms with Crippen LogP contribution in [0.2, 0.25) is 0 Å². The van der Waals surface area contributed by atoms with Crippen molar-refractivity contribution in [3.63, 3.8) is 0 Å². The molecular formula is C13H18N4S. The predicted molar refractivity (Wildman–Crippen MR) is 76.3 cm³/mol. The number of thiophene rings is 1. The fourth-order valence-corrected chi connectivity index (χ4v) is 3.17. The van der Waals surface area contributed by atoms with Crippen LogP contribution in [0.15, 0.2) is 17.8 Å². The topological polar surface area (TPSA) is 41.1 Å². The maximum atomic E-state index is 4.49. The molecule has 0 amide bonds. The SMILES string of the molecule is CC(C)C1CN(c2ncnc3sccc23)CCN1. The van der Waals surface area contributed by atoms with Crippen LogP contribution in [0.3, 0.4) is 0 Å². The van der Waals surface area contributed by atoms with Crippen molar-refractivity contribution in [1.82, 2.24) is 15.3 Å². The smallest absolute Gasteiger partial charge is 0.140 e. The van der Waals surface area contributed by atoms with Crippen molar-refractivity contribution in [3.05, 3.63) is 17.8 Å². The summed E-state index contributed by atoms with van der Waals surface area (Å²) < 4.78 is 0. The molecule has 0 aromatic carbocycles. The van der Waals surface area contributed by atoms with E-state index in [9.17, 15) is 0 Å². The van der Waals surface area contributed by atoms with E-state index in [1.54, 1.807) is 17.7 Å². The summed E-state index contributed by atoms with van der Waals surface area (Å²) in [5.41, 5.74) is 0. The largest absolute Gasteiger partial charge is 0.353 e. The van der Waals surface area contributed by atoms with Crippen molar-refractivity contribution in [2.75, 3.05) is 24.5 Å². The Bertz CT molecular complexity index is 537. The van der Waals surface area contributed by atoms with E-state index in [-0.39, 0.29) is 0 Å². The molecule has 5 heteroatoms. The van der Waals surface area contributed by atoms with Crippen molar-refractivity contribution in [2.24, 2.45) is 5.92 Å². The van der Waals surface area contributed by atoms with E-state index in [2.05, 4.69) is 45.5 Å². The van der Waals surface area contributed by atoms with Crippen molar-refractivity contribution in [1.29, 1.82) is 0 Å². The molecule has 1 saturated heterocycles. The second-order valence-corrected chi connectivity index (χ2v) is 5.98. The first-order valence-electron chi connectivity index (χ1n) is 6.42. The van der Waals surface area contributed by atoms with Gasteiger partial charge < -0.3 is 10.2 Å². The number of anilines is 1. The van der Waals surface area contributed by atoms with E-state index >= 15 is 0 Å². The van der Waals surface area contributed by atoms with E-state index < -0.39 is 0 Å². The average Bonchev–Trinajstić information content (AvgIpc) is 2.87. The fourth-order valence-electron chi connectivity index (χ4n) is 2.45. The molecule has 0 saturated carbocycles. The first kappa shape index (κ1) is 11.9. The van der Waals surface area contributed by atoms with Crippen LogP contribution in [0.4, 0.5) is 5.82 Å². The molecular weight excluding hydrogens is 244 g/mol. The molecule has 1 unspecified atom stereocenters. The number of fused-ring (bicyclic) bond motifs is 1. The third-order valence-corrected chi connectivity index (χ3v) is 4.37. The number of rotatable bonds is 2. The molecule has 0 aliphatic carbocycles. The van der Waals surface area contributed by atoms with Crippen LogP contribution in [-0.4, -0.2) is 35.6 Å². The lowest BCUT2D eigenvalue weighted by Gasteiger charge is -2.36.